The molecule has 4 rings (SSSR count). The molecule has 0 fully saturated rings. The Morgan fingerprint density at radius 1 is 1.32 bits per heavy atom. The van der Waals surface area contributed by atoms with Gasteiger partial charge in [-0.25, -0.2) is 9.97 Å². The van der Waals surface area contributed by atoms with E-state index in [-0.39, 0.29) is 11.3 Å². The van der Waals surface area contributed by atoms with Crippen LogP contribution in [0.2, 0.25) is 5.15 Å². The molecule has 0 bridgehead atoms. The molecular weight excluding hydrogens is 356 g/mol. The van der Waals surface area contributed by atoms with Crippen LogP contribution in [-0.2, 0) is 11.2 Å². The summed E-state index contributed by atoms with van der Waals surface area (Å²) in [7, 11) is 0. The molecule has 0 spiro atoms. The lowest BCUT2D eigenvalue weighted by Gasteiger charge is -2.26. The van der Waals surface area contributed by atoms with Gasteiger partial charge in [0.2, 0.25) is 0 Å². The molecule has 4 nitrogen and oxygen atoms in total. The van der Waals surface area contributed by atoms with E-state index < -0.39 is 6.10 Å². The molecule has 0 aliphatic carbocycles. The summed E-state index contributed by atoms with van der Waals surface area (Å²) in [6.07, 6.45) is 2.93. The van der Waals surface area contributed by atoms with Crippen LogP contribution in [0.3, 0.4) is 0 Å². The third-order valence-corrected chi connectivity index (χ3v) is 5.94. The van der Waals surface area contributed by atoms with Gasteiger partial charge in [-0.15, -0.1) is 11.3 Å². The number of aryl methyl sites for hydroxylation is 1. The predicted molar refractivity (Wildman–Crippen MR) is 98.1 cm³/mol. The molecule has 1 aromatic carbocycles. The first-order valence-corrected chi connectivity index (χ1v) is 9.27. The number of aliphatic hydroxyl groups is 1. The maximum Gasteiger partial charge on any atom is 0.138 e. The zero-order valence-corrected chi connectivity index (χ0v) is 15.2. The fourth-order valence-electron chi connectivity index (χ4n) is 3.23. The van der Waals surface area contributed by atoms with E-state index in [1.807, 2.05) is 12.1 Å². The standard InChI is InChI=1S/C19H17ClN2O2S/c1-11-14(18-13-5-3-2-4-12(13)6-7-24-18)8-16(25-11)17(23)15-9-21-10-22-19(15)20/h2-5,8-10,17-18,23H,6-7H2,1H3/t17-,18+/m0/s1. The lowest BCUT2D eigenvalue weighted by atomic mass is 9.93. The third-order valence-electron chi connectivity index (χ3n) is 4.50. The molecule has 1 aliphatic heterocycles. The van der Waals surface area contributed by atoms with Gasteiger partial charge in [-0.05, 0) is 36.1 Å². The molecule has 3 aromatic rings. The van der Waals surface area contributed by atoms with Crippen molar-refractivity contribution in [3.8, 4) is 0 Å². The molecule has 0 saturated carbocycles. The molecule has 1 N–H and O–H groups in total. The number of hydrogen-bond acceptors (Lipinski definition) is 5. The summed E-state index contributed by atoms with van der Waals surface area (Å²) in [5.41, 5.74) is 4.14. The van der Waals surface area contributed by atoms with Gasteiger partial charge in [0.05, 0.1) is 6.61 Å². The van der Waals surface area contributed by atoms with Gasteiger partial charge >= 0.3 is 0 Å². The highest BCUT2D eigenvalue weighted by atomic mass is 35.5. The van der Waals surface area contributed by atoms with E-state index in [2.05, 4.69) is 35.1 Å². The maximum absolute atomic E-state index is 10.7. The van der Waals surface area contributed by atoms with Crippen LogP contribution >= 0.6 is 22.9 Å². The summed E-state index contributed by atoms with van der Waals surface area (Å²) in [6, 6.07) is 10.4. The van der Waals surface area contributed by atoms with E-state index in [4.69, 9.17) is 16.3 Å². The average molecular weight is 373 g/mol. The number of halogens is 1. The number of aliphatic hydroxyl groups excluding tert-OH is 1. The zero-order valence-electron chi connectivity index (χ0n) is 13.6. The van der Waals surface area contributed by atoms with Crippen molar-refractivity contribution in [2.75, 3.05) is 6.61 Å². The number of aromatic nitrogens is 2. The number of nitrogens with zero attached hydrogens (tertiary/aromatic N) is 2. The van der Waals surface area contributed by atoms with Crippen LogP contribution in [0.4, 0.5) is 0 Å². The van der Waals surface area contributed by atoms with E-state index in [0.29, 0.717) is 12.2 Å². The van der Waals surface area contributed by atoms with E-state index in [0.717, 1.165) is 21.7 Å². The van der Waals surface area contributed by atoms with Crippen molar-refractivity contribution in [3.05, 3.63) is 80.0 Å². The topological polar surface area (TPSA) is 55.2 Å². The highest BCUT2D eigenvalue weighted by molar-refractivity contribution is 7.12. The Labute approximate surface area is 155 Å². The smallest absolute Gasteiger partial charge is 0.138 e. The van der Waals surface area contributed by atoms with Gasteiger partial charge < -0.3 is 9.84 Å². The highest BCUT2D eigenvalue weighted by Crippen LogP contribution is 2.40. The van der Waals surface area contributed by atoms with Crippen molar-refractivity contribution in [2.45, 2.75) is 25.6 Å². The Balaban J connectivity index is 1.71. The van der Waals surface area contributed by atoms with Gasteiger partial charge in [-0.1, -0.05) is 35.9 Å². The van der Waals surface area contributed by atoms with Crippen molar-refractivity contribution in [1.82, 2.24) is 9.97 Å². The second-order valence-corrected chi connectivity index (χ2v) is 7.68. The second kappa shape index (κ2) is 6.84. The van der Waals surface area contributed by atoms with Crippen molar-refractivity contribution >= 4 is 22.9 Å². The van der Waals surface area contributed by atoms with Crippen LogP contribution in [0.5, 0.6) is 0 Å². The highest BCUT2D eigenvalue weighted by Gasteiger charge is 2.27. The van der Waals surface area contributed by atoms with Gasteiger partial charge in [0.1, 0.15) is 23.7 Å². The molecule has 25 heavy (non-hydrogen) atoms. The lowest BCUT2D eigenvalue weighted by Crippen LogP contribution is -2.17. The minimum atomic E-state index is -0.843. The molecule has 2 aromatic heterocycles. The molecule has 6 heteroatoms. The SMILES string of the molecule is Cc1sc([C@@H](O)c2cncnc2Cl)cc1[C@@H]1OCCc2ccccc21. The Morgan fingerprint density at radius 2 is 2.16 bits per heavy atom. The van der Waals surface area contributed by atoms with Crippen molar-refractivity contribution in [2.24, 2.45) is 0 Å². The van der Waals surface area contributed by atoms with Crippen LogP contribution in [0.1, 0.15) is 44.2 Å². The van der Waals surface area contributed by atoms with Crippen LogP contribution in [0.15, 0.2) is 42.9 Å². The average Bonchev–Trinajstić information content (AvgIpc) is 3.02. The van der Waals surface area contributed by atoms with Gasteiger partial charge in [0, 0.05) is 21.5 Å². The predicted octanol–water partition coefficient (Wildman–Crippen LogP) is 4.24. The van der Waals surface area contributed by atoms with Crippen LogP contribution < -0.4 is 0 Å². The van der Waals surface area contributed by atoms with E-state index in [1.165, 1.54) is 17.5 Å². The molecule has 0 saturated heterocycles. The van der Waals surface area contributed by atoms with Gasteiger partial charge in [0.15, 0.2) is 0 Å². The van der Waals surface area contributed by atoms with Crippen molar-refractivity contribution < 1.29 is 9.84 Å². The first-order valence-electron chi connectivity index (χ1n) is 8.08. The summed E-state index contributed by atoms with van der Waals surface area (Å²) >= 11 is 7.65. The van der Waals surface area contributed by atoms with Gasteiger partial charge in [0.25, 0.3) is 0 Å². The molecule has 0 radical (unpaired) electrons. The van der Waals surface area contributed by atoms with E-state index in [9.17, 15) is 5.11 Å². The normalized spacial score (nSPS) is 18.0. The number of thiophene rings is 1. The van der Waals surface area contributed by atoms with Gasteiger partial charge in [-0.2, -0.15) is 0 Å². The van der Waals surface area contributed by atoms with Crippen LogP contribution in [0.25, 0.3) is 0 Å². The molecule has 1 aliphatic rings. The summed E-state index contributed by atoms with van der Waals surface area (Å²) in [5.74, 6) is 0. The van der Waals surface area contributed by atoms with E-state index in [1.54, 1.807) is 17.5 Å². The summed E-state index contributed by atoms with van der Waals surface area (Å²) in [6.45, 7) is 2.76. The maximum atomic E-state index is 10.7. The van der Waals surface area contributed by atoms with Crippen molar-refractivity contribution in [3.63, 3.8) is 0 Å². The molecular formula is C19H17ClN2O2S. The van der Waals surface area contributed by atoms with Crippen molar-refractivity contribution in [1.29, 1.82) is 0 Å². The summed E-state index contributed by atoms with van der Waals surface area (Å²) < 4.78 is 6.07. The molecule has 128 valence electrons. The quantitative estimate of drug-likeness (QED) is 0.698. The monoisotopic (exact) mass is 372 g/mol. The number of rotatable bonds is 3. The minimum absolute atomic E-state index is 0.0929. The largest absolute Gasteiger partial charge is 0.383 e. The third kappa shape index (κ3) is 3.09. The Kier molecular flexibility index (Phi) is 4.56. The summed E-state index contributed by atoms with van der Waals surface area (Å²) in [4.78, 5) is 9.86. The number of fused-ring (bicyclic) bond motifs is 1. The van der Waals surface area contributed by atoms with Gasteiger partial charge in [-0.3, -0.25) is 0 Å². The molecule has 3 heterocycles. The second-order valence-electron chi connectivity index (χ2n) is 6.03. The fourth-order valence-corrected chi connectivity index (χ4v) is 4.49. The molecule has 0 amide bonds. The molecule has 0 unspecified atom stereocenters. The number of hydrogen-bond donors (Lipinski definition) is 1. The van der Waals surface area contributed by atoms with Crippen LogP contribution in [0, 0.1) is 6.92 Å². The van der Waals surface area contributed by atoms with E-state index >= 15 is 0 Å². The summed E-state index contributed by atoms with van der Waals surface area (Å²) in [5, 5.41) is 11.0. The Bertz CT molecular complexity index is 912. The Hall–Kier alpha value is -1.79. The first-order chi connectivity index (χ1) is 12.1. The lowest BCUT2D eigenvalue weighted by molar-refractivity contribution is 0.0697. The Morgan fingerprint density at radius 3 is 3.00 bits per heavy atom. The fraction of sp³-hybridized carbons (Fsp3) is 0.263. The number of benzene rings is 1. The zero-order chi connectivity index (χ0) is 17.4. The van der Waals surface area contributed by atoms with Crippen LogP contribution in [-0.4, -0.2) is 21.7 Å². The first kappa shape index (κ1) is 16.7. The number of ether oxygens (including phenoxy) is 1. The molecule has 2 atom stereocenters. The minimum Gasteiger partial charge on any atom is -0.383 e.